The van der Waals surface area contributed by atoms with Crippen LogP contribution < -0.4 is 14.8 Å². The summed E-state index contributed by atoms with van der Waals surface area (Å²) in [6.07, 6.45) is 5.57. The molecule has 0 radical (unpaired) electrons. The van der Waals surface area contributed by atoms with Crippen molar-refractivity contribution < 1.29 is 9.47 Å². The molecule has 1 aliphatic heterocycles. The van der Waals surface area contributed by atoms with Gasteiger partial charge in [0.2, 0.25) is 6.79 Å². The Balaban J connectivity index is 1.58. The Labute approximate surface area is 115 Å². The first-order chi connectivity index (χ1) is 9.22. The van der Waals surface area contributed by atoms with Crippen LogP contribution in [0.3, 0.4) is 0 Å². The van der Waals surface area contributed by atoms with Gasteiger partial charge in [0.1, 0.15) is 0 Å². The molecule has 1 heterocycles. The Morgan fingerprint density at radius 2 is 2.00 bits per heavy atom. The van der Waals surface area contributed by atoms with Gasteiger partial charge in [0.25, 0.3) is 0 Å². The normalized spacial score (nSPS) is 20.9. The smallest absolute Gasteiger partial charge is 0.231 e. The highest BCUT2D eigenvalue weighted by Gasteiger charge is 2.21. The Morgan fingerprint density at radius 1 is 1.21 bits per heavy atom. The fraction of sp³-hybridized carbons (Fsp3) is 0.625. The zero-order valence-corrected chi connectivity index (χ0v) is 11.8. The molecule has 19 heavy (non-hydrogen) atoms. The molecule has 1 aliphatic carbocycles. The van der Waals surface area contributed by atoms with Crippen LogP contribution in [0.2, 0.25) is 0 Å². The standard InChI is InChI=1S/C16H23NO2/c1-11(8-13-4-3-5-13)17-12(2)14-6-7-15-16(9-14)19-10-18-15/h6-7,9,11-13,17H,3-5,8,10H2,1-2H3. The predicted octanol–water partition coefficient (Wildman–Crippen LogP) is 3.64. The predicted molar refractivity (Wildman–Crippen MR) is 75.5 cm³/mol. The summed E-state index contributed by atoms with van der Waals surface area (Å²) in [5.41, 5.74) is 1.27. The number of hydrogen-bond acceptors (Lipinski definition) is 3. The van der Waals surface area contributed by atoms with Gasteiger partial charge in [0, 0.05) is 12.1 Å². The van der Waals surface area contributed by atoms with Crippen molar-refractivity contribution in [2.24, 2.45) is 5.92 Å². The molecule has 1 aromatic rings. The molecule has 3 heteroatoms. The average molecular weight is 261 g/mol. The van der Waals surface area contributed by atoms with Gasteiger partial charge in [0.05, 0.1) is 0 Å². The lowest BCUT2D eigenvalue weighted by Crippen LogP contribution is -2.32. The maximum Gasteiger partial charge on any atom is 0.231 e. The molecule has 0 bridgehead atoms. The number of ether oxygens (including phenoxy) is 2. The number of hydrogen-bond donors (Lipinski definition) is 1. The van der Waals surface area contributed by atoms with Crippen molar-refractivity contribution in [1.82, 2.24) is 5.32 Å². The second-order valence-electron chi connectivity index (χ2n) is 5.93. The van der Waals surface area contributed by atoms with Gasteiger partial charge < -0.3 is 14.8 Å². The second-order valence-corrected chi connectivity index (χ2v) is 5.93. The van der Waals surface area contributed by atoms with Crippen LogP contribution in [0.15, 0.2) is 18.2 Å². The minimum absolute atomic E-state index is 0.346. The van der Waals surface area contributed by atoms with Crippen LogP contribution in [0.5, 0.6) is 11.5 Å². The largest absolute Gasteiger partial charge is 0.454 e. The molecule has 0 amide bonds. The second kappa shape index (κ2) is 5.41. The Bertz CT molecular complexity index is 442. The molecule has 0 spiro atoms. The number of nitrogens with one attached hydrogen (secondary N) is 1. The van der Waals surface area contributed by atoms with E-state index in [-0.39, 0.29) is 0 Å². The van der Waals surface area contributed by atoms with Crippen LogP contribution in [-0.2, 0) is 0 Å². The summed E-state index contributed by atoms with van der Waals surface area (Å²) in [4.78, 5) is 0. The molecule has 1 N–H and O–H groups in total. The molecule has 2 atom stereocenters. The van der Waals surface area contributed by atoms with Crippen LogP contribution in [0.25, 0.3) is 0 Å². The van der Waals surface area contributed by atoms with Crippen LogP contribution in [0.1, 0.15) is 51.1 Å². The highest BCUT2D eigenvalue weighted by molar-refractivity contribution is 5.45. The third-order valence-electron chi connectivity index (χ3n) is 4.34. The van der Waals surface area contributed by atoms with Crippen LogP contribution in [-0.4, -0.2) is 12.8 Å². The lowest BCUT2D eigenvalue weighted by Gasteiger charge is -2.30. The average Bonchev–Trinajstić information content (AvgIpc) is 2.80. The first kappa shape index (κ1) is 12.8. The van der Waals surface area contributed by atoms with E-state index in [9.17, 15) is 0 Å². The van der Waals surface area contributed by atoms with E-state index in [0.29, 0.717) is 18.9 Å². The molecule has 2 unspecified atom stereocenters. The molecule has 1 saturated carbocycles. The molecule has 104 valence electrons. The molecule has 3 nitrogen and oxygen atoms in total. The maximum atomic E-state index is 5.44. The number of rotatable bonds is 5. The van der Waals surface area contributed by atoms with Crippen molar-refractivity contribution >= 4 is 0 Å². The molecule has 1 fully saturated rings. The first-order valence-electron chi connectivity index (χ1n) is 7.38. The van der Waals surface area contributed by atoms with Crippen molar-refractivity contribution in [2.75, 3.05) is 6.79 Å². The zero-order valence-electron chi connectivity index (χ0n) is 11.8. The number of fused-ring (bicyclic) bond motifs is 1. The third kappa shape index (κ3) is 2.86. The summed E-state index contributed by atoms with van der Waals surface area (Å²) in [5.74, 6) is 2.68. The van der Waals surface area contributed by atoms with E-state index >= 15 is 0 Å². The quantitative estimate of drug-likeness (QED) is 0.877. The highest BCUT2D eigenvalue weighted by atomic mass is 16.7. The summed E-state index contributed by atoms with van der Waals surface area (Å²) < 4.78 is 10.8. The van der Waals surface area contributed by atoms with Crippen molar-refractivity contribution in [1.29, 1.82) is 0 Å². The molecule has 2 aliphatic rings. The first-order valence-corrected chi connectivity index (χ1v) is 7.38. The van der Waals surface area contributed by atoms with Crippen LogP contribution >= 0.6 is 0 Å². The van der Waals surface area contributed by atoms with E-state index in [1.54, 1.807) is 0 Å². The lowest BCUT2D eigenvalue weighted by atomic mass is 9.81. The van der Waals surface area contributed by atoms with E-state index in [1.807, 2.05) is 6.07 Å². The Hall–Kier alpha value is -1.22. The van der Waals surface area contributed by atoms with E-state index in [4.69, 9.17) is 9.47 Å². The highest BCUT2D eigenvalue weighted by Crippen LogP contribution is 2.35. The van der Waals surface area contributed by atoms with Gasteiger partial charge in [-0.05, 0) is 43.9 Å². The van der Waals surface area contributed by atoms with Gasteiger partial charge in [0.15, 0.2) is 11.5 Å². The van der Waals surface area contributed by atoms with E-state index in [0.717, 1.165) is 17.4 Å². The van der Waals surface area contributed by atoms with Crippen molar-refractivity contribution in [2.45, 2.75) is 51.6 Å². The summed E-state index contributed by atoms with van der Waals surface area (Å²) in [6, 6.07) is 7.15. The lowest BCUT2D eigenvalue weighted by molar-refractivity contribution is 0.174. The molecular weight excluding hydrogens is 238 g/mol. The van der Waals surface area contributed by atoms with Crippen LogP contribution in [0, 0.1) is 5.92 Å². The van der Waals surface area contributed by atoms with E-state index in [2.05, 4.69) is 31.3 Å². The van der Waals surface area contributed by atoms with Gasteiger partial charge in [-0.15, -0.1) is 0 Å². The van der Waals surface area contributed by atoms with Gasteiger partial charge in [-0.25, -0.2) is 0 Å². The molecule has 0 saturated heterocycles. The molecule has 0 aromatic heterocycles. The Morgan fingerprint density at radius 3 is 2.74 bits per heavy atom. The maximum absolute atomic E-state index is 5.44. The van der Waals surface area contributed by atoms with Crippen molar-refractivity contribution in [3.63, 3.8) is 0 Å². The zero-order chi connectivity index (χ0) is 13.2. The van der Waals surface area contributed by atoms with E-state index < -0.39 is 0 Å². The fourth-order valence-corrected chi connectivity index (χ4v) is 3.00. The SMILES string of the molecule is CC(CC1CCC1)NC(C)c1ccc2c(c1)OCO2. The number of benzene rings is 1. The fourth-order valence-electron chi connectivity index (χ4n) is 3.00. The molecule has 3 rings (SSSR count). The van der Waals surface area contributed by atoms with Gasteiger partial charge in [-0.1, -0.05) is 25.3 Å². The Kier molecular flexibility index (Phi) is 3.65. The summed E-state index contributed by atoms with van der Waals surface area (Å²) in [5, 5.41) is 3.69. The summed E-state index contributed by atoms with van der Waals surface area (Å²) in [6.45, 7) is 4.86. The topological polar surface area (TPSA) is 30.5 Å². The van der Waals surface area contributed by atoms with Crippen LogP contribution in [0.4, 0.5) is 0 Å². The summed E-state index contributed by atoms with van der Waals surface area (Å²) >= 11 is 0. The van der Waals surface area contributed by atoms with Gasteiger partial charge in [-0.2, -0.15) is 0 Å². The molecular formula is C16H23NO2. The minimum atomic E-state index is 0.346. The van der Waals surface area contributed by atoms with Gasteiger partial charge in [-0.3, -0.25) is 0 Å². The van der Waals surface area contributed by atoms with Gasteiger partial charge >= 0.3 is 0 Å². The third-order valence-corrected chi connectivity index (χ3v) is 4.34. The molecule has 1 aromatic carbocycles. The van der Waals surface area contributed by atoms with Crippen molar-refractivity contribution in [3.8, 4) is 11.5 Å². The monoisotopic (exact) mass is 261 g/mol. The minimum Gasteiger partial charge on any atom is -0.454 e. The summed E-state index contributed by atoms with van der Waals surface area (Å²) in [7, 11) is 0. The van der Waals surface area contributed by atoms with Crippen molar-refractivity contribution in [3.05, 3.63) is 23.8 Å². The van der Waals surface area contributed by atoms with E-state index in [1.165, 1.54) is 31.2 Å².